The van der Waals surface area contributed by atoms with Gasteiger partial charge in [0.1, 0.15) is 5.01 Å². The van der Waals surface area contributed by atoms with Crippen molar-refractivity contribution in [2.24, 2.45) is 0 Å². The number of nitrogens with zero attached hydrogens (tertiary/aromatic N) is 1. The molecule has 0 bridgehead atoms. The number of aryl methyl sites for hydroxylation is 2. The molecule has 1 aromatic carbocycles. The fourth-order valence-electron chi connectivity index (χ4n) is 1.73. The van der Waals surface area contributed by atoms with Gasteiger partial charge in [-0.1, -0.05) is 18.2 Å². The molecule has 4 heteroatoms. The van der Waals surface area contributed by atoms with Gasteiger partial charge in [-0.15, -0.1) is 23.1 Å². The molecule has 0 saturated heterocycles. The van der Waals surface area contributed by atoms with E-state index in [1.165, 1.54) is 20.3 Å². The van der Waals surface area contributed by atoms with E-state index in [1.54, 1.807) is 0 Å². The predicted octanol–water partition coefficient (Wildman–Crippen LogP) is 3.77. The van der Waals surface area contributed by atoms with Crippen LogP contribution in [-0.4, -0.2) is 12.0 Å². The number of nitrogens with one attached hydrogen (secondary N) is 1. The van der Waals surface area contributed by atoms with E-state index in [0.29, 0.717) is 0 Å². The summed E-state index contributed by atoms with van der Waals surface area (Å²) < 4.78 is 0. The third kappa shape index (κ3) is 3.34. The fourth-order valence-corrected chi connectivity index (χ4v) is 3.84. The van der Waals surface area contributed by atoms with Crippen molar-refractivity contribution in [3.63, 3.8) is 0 Å². The van der Waals surface area contributed by atoms with Gasteiger partial charge >= 0.3 is 0 Å². The summed E-state index contributed by atoms with van der Waals surface area (Å²) in [7, 11) is 1.97. The molecule has 1 aromatic heterocycles. The van der Waals surface area contributed by atoms with E-state index < -0.39 is 0 Å². The van der Waals surface area contributed by atoms with Gasteiger partial charge in [0.25, 0.3) is 0 Å². The summed E-state index contributed by atoms with van der Waals surface area (Å²) in [5.41, 5.74) is 2.50. The number of aromatic nitrogens is 1. The number of hydrogen-bond donors (Lipinski definition) is 1. The molecule has 0 aliphatic rings. The number of thiazole rings is 1. The Kier molecular flexibility index (Phi) is 4.80. The lowest BCUT2D eigenvalue weighted by atomic mass is 10.2. The Morgan fingerprint density at radius 1 is 1.28 bits per heavy atom. The molecule has 0 radical (unpaired) electrons. The van der Waals surface area contributed by atoms with E-state index in [2.05, 4.69) is 48.4 Å². The first kappa shape index (κ1) is 13.6. The number of thioether (sulfide) groups is 1. The van der Waals surface area contributed by atoms with Crippen LogP contribution in [0, 0.1) is 13.8 Å². The van der Waals surface area contributed by atoms with Crippen LogP contribution in [0.2, 0.25) is 0 Å². The summed E-state index contributed by atoms with van der Waals surface area (Å²) in [5.74, 6) is 0.958. The van der Waals surface area contributed by atoms with Crippen LogP contribution in [-0.2, 0) is 12.3 Å². The Morgan fingerprint density at radius 3 is 2.78 bits per heavy atom. The number of hydrogen-bond acceptors (Lipinski definition) is 4. The average molecular weight is 278 g/mol. The smallest absolute Gasteiger partial charge is 0.103 e. The first-order chi connectivity index (χ1) is 8.70. The van der Waals surface area contributed by atoms with Gasteiger partial charge in [-0.3, -0.25) is 0 Å². The van der Waals surface area contributed by atoms with Crippen LogP contribution in [0.25, 0.3) is 0 Å². The number of benzene rings is 1. The topological polar surface area (TPSA) is 24.9 Å². The zero-order valence-electron chi connectivity index (χ0n) is 11.0. The first-order valence-electron chi connectivity index (χ1n) is 5.99. The summed E-state index contributed by atoms with van der Waals surface area (Å²) >= 11 is 3.68. The third-order valence-electron chi connectivity index (χ3n) is 2.72. The van der Waals surface area contributed by atoms with E-state index in [-0.39, 0.29) is 0 Å². The van der Waals surface area contributed by atoms with E-state index >= 15 is 0 Å². The molecule has 96 valence electrons. The van der Waals surface area contributed by atoms with Gasteiger partial charge < -0.3 is 5.32 Å². The molecule has 2 aromatic rings. The SMILES string of the molecule is CNCc1sc(CSc2ccccc2C)nc1C. The minimum Gasteiger partial charge on any atom is -0.315 e. The van der Waals surface area contributed by atoms with Crippen LogP contribution in [0.4, 0.5) is 0 Å². The van der Waals surface area contributed by atoms with E-state index in [9.17, 15) is 0 Å². The summed E-state index contributed by atoms with van der Waals surface area (Å²) in [6.07, 6.45) is 0. The zero-order chi connectivity index (χ0) is 13.0. The maximum atomic E-state index is 4.63. The van der Waals surface area contributed by atoms with Crippen molar-refractivity contribution >= 4 is 23.1 Å². The predicted molar refractivity (Wildman–Crippen MR) is 80.4 cm³/mol. The van der Waals surface area contributed by atoms with E-state index in [4.69, 9.17) is 0 Å². The Hall–Kier alpha value is -0.840. The van der Waals surface area contributed by atoms with Crippen LogP contribution in [0.3, 0.4) is 0 Å². The quantitative estimate of drug-likeness (QED) is 0.843. The van der Waals surface area contributed by atoms with Gasteiger partial charge in [0.05, 0.1) is 11.4 Å². The summed E-state index contributed by atoms with van der Waals surface area (Å²) in [4.78, 5) is 7.32. The van der Waals surface area contributed by atoms with Crippen LogP contribution >= 0.6 is 23.1 Å². The molecule has 0 unspecified atom stereocenters. The van der Waals surface area contributed by atoms with Crippen LogP contribution in [0.1, 0.15) is 21.1 Å². The Morgan fingerprint density at radius 2 is 2.06 bits per heavy atom. The lowest BCUT2D eigenvalue weighted by Crippen LogP contribution is -2.04. The van der Waals surface area contributed by atoms with Crippen LogP contribution in [0.5, 0.6) is 0 Å². The largest absolute Gasteiger partial charge is 0.315 e. The van der Waals surface area contributed by atoms with Gasteiger partial charge in [0.15, 0.2) is 0 Å². The highest BCUT2D eigenvalue weighted by molar-refractivity contribution is 7.98. The summed E-state index contributed by atoms with van der Waals surface area (Å²) in [6.45, 7) is 5.16. The standard InChI is InChI=1S/C14H18N2S2/c1-10-6-4-5-7-12(10)17-9-14-16-11(2)13(18-14)8-15-3/h4-7,15H,8-9H2,1-3H3. The highest BCUT2D eigenvalue weighted by Gasteiger charge is 2.07. The normalized spacial score (nSPS) is 10.8. The highest BCUT2D eigenvalue weighted by Crippen LogP contribution is 2.28. The molecule has 0 aliphatic heterocycles. The Balaban J connectivity index is 2.02. The van der Waals surface area contributed by atoms with Crippen molar-refractivity contribution in [1.29, 1.82) is 0 Å². The van der Waals surface area contributed by atoms with Gasteiger partial charge in [-0.05, 0) is 32.5 Å². The van der Waals surface area contributed by atoms with Crippen molar-refractivity contribution in [2.45, 2.75) is 31.0 Å². The maximum absolute atomic E-state index is 4.63. The lowest BCUT2D eigenvalue weighted by molar-refractivity contribution is 0.822. The molecular weight excluding hydrogens is 260 g/mol. The van der Waals surface area contributed by atoms with Crippen molar-refractivity contribution in [3.8, 4) is 0 Å². The van der Waals surface area contributed by atoms with Gasteiger partial charge in [0.2, 0.25) is 0 Å². The molecule has 18 heavy (non-hydrogen) atoms. The monoisotopic (exact) mass is 278 g/mol. The van der Waals surface area contributed by atoms with Gasteiger partial charge in [-0.2, -0.15) is 0 Å². The van der Waals surface area contributed by atoms with Crippen LogP contribution in [0.15, 0.2) is 29.2 Å². The third-order valence-corrected chi connectivity index (χ3v) is 5.25. The molecular formula is C14H18N2S2. The van der Waals surface area contributed by atoms with E-state index in [0.717, 1.165) is 18.0 Å². The summed E-state index contributed by atoms with van der Waals surface area (Å²) in [5, 5.41) is 4.40. The molecule has 2 nitrogen and oxygen atoms in total. The van der Waals surface area contributed by atoms with Crippen molar-refractivity contribution < 1.29 is 0 Å². The molecule has 2 rings (SSSR count). The van der Waals surface area contributed by atoms with E-state index in [1.807, 2.05) is 30.1 Å². The Labute approximate surface area is 117 Å². The Bertz CT molecular complexity index is 520. The minimum atomic E-state index is 0.915. The molecule has 0 fully saturated rings. The highest BCUT2D eigenvalue weighted by atomic mass is 32.2. The van der Waals surface area contributed by atoms with Crippen molar-refractivity contribution in [1.82, 2.24) is 10.3 Å². The molecule has 0 aliphatic carbocycles. The molecule has 0 amide bonds. The minimum absolute atomic E-state index is 0.915. The summed E-state index contributed by atoms with van der Waals surface area (Å²) in [6, 6.07) is 8.50. The fraction of sp³-hybridized carbons (Fsp3) is 0.357. The number of rotatable bonds is 5. The lowest BCUT2D eigenvalue weighted by Gasteiger charge is -2.02. The van der Waals surface area contributed by atoms with Crippen LogP contribution < -0.4 is 5.32 Å². The molecule has 1 heterocycles. The molecule has 0 spiro atoms. The second-order valence-corrected chi connectivity index (χ2v) is 6.39. The molecule has 0 saturated carbocycles. The van der Waals surface area contributed by atoms with Crippen molar-refractivity contribution in [3.05, 3.63) is 45.4 Å². The van der Waals surface area contributed by atoms with Gasteiger partial charge in [0, 0.05) is 16.3 Å². The molecule has 1 N–H and O–H groups in total. The van der Waals surface area contributed by atoms with Gasteiger partial charge in [-0.25, -0.2) is 4.98 Å². The second kappa shape index (κ2) is 6.36. The zero-order valence-corrected chi connectivity index (χ0v) is 12.6. The maximum Gasteiger partial charge on any atom is 0.103 e. The average Bonchev–Trinajstić information content (AvgIpc) is 2.70. The first-order valence-corrected chi connectivity index (χ1v) is 7.79. The molecule has 0 atom stereocenters. The second-order valence-electron chi connectivity index (χ2n) is 4.20. The van der Waals surface area contributed by atoms with Crippen molar-refractivity contribution in [2.75, 3.05) is 7.05 Å².